The summed E-state index contributed by atoms with van der Waals surface area (Å²) in [7, 11) is -3.58. The Kier molecular flexibility index (Phi) is 5.78. The third kappa shape index (κ3) is 6.06. The van der Waals surface area contributed by atoms with Crippen LogP contribution in [0.15, 0.2) is 0 Å². The summed E-state index contributed by atoms with van der Waals surface area (Å²) >= 11 is 0. The summed E-state index contributed by atoms with van der Waals surface area (Å²) in [6.45, 7) is -0.980. The lowest BCUT2D eigenvalue weighted by Gasteiger charge is -2.34. The van der Waals surface area contributed by atoms with Gasteiger partial charge in [-0.3, -0.25) is 9.69 Å². The number of rotatable bonds is 6. The van der Waals surface area contributed by atoms with Crippen molar-refractivity contribution in [1.29, 1.82) is 0 Å². The van der Waals surface area contributed by atoms with Crippen LogP contribution in [-0.2, 0) is 14.8 Å². The second-order valence-corrected chi connectivity index (χ2v) is 6.69. The molecule has 20 heavy (non-hydrogen) atoms. The molecule has 1 aliphatic rings. The molecule has 0 aliphatic carbocycles. The maximum absolute atomic E-state index is 12.2. The first-order valence-electron chi connectivity index (χ1n) is 6.09. The van der Waals surface area contributed by atoms with Crippen LogP contribution >= 0.6 is 0 Å². The van der Waals surface area contributed by atoms with E-state index in [1.54, 1.807) is 0 Å². The Labute approximate surface area is 115 Å². The highest BCUT2D eigenvalue weighted by Crippen LogP contribution is 2.18. The zero-order chi connectivity index (χ0) is 15.4. The van der Waals surface area contributed by atoms with Crippen LogP contribution in [0.4, 0.5) is 13.2 Å². The van der Waals surface area contributed by atoms with Crippen molar-refractivity contribution in [3.05, 3.63) is 0 Å². The van der Waals surface area contributed by atoms with E-state index < -0.39 is 28.7 Å². The fourth-order valence-corrected chi connectivity index (χ4v) is 3.44. The Morgan fingerprint density at radius 2 is 1.70 bits per heavy atom. The van der Waals surface area contributed by atoms with Crippen LogP contribution in [0.25, 0.3) is 0 Å². The van der Waals surface area contributed by atoms with Gasteiger partial charge in [-0.15, -0.1) is 0 Å². The molecule has 1 fully saturated rings. The van der Waals surface area contributed by atoms with E-state index in [0.29, 0.717) is 0 Å². The SMILES string of the molecule is O=C(O)CCCS(=O)(=O)N1CCN(CC(F)(F)F)CC1. The molecule has 0 aromatic carbocycles. The van der Waals surface area contributed by atoms with Crippen molar-refractivity contribution in [3.8, 4) is 0 Å². The van der Waals surface area contributed by atoms with E-state index in [1.165, 1.54) is 0 Å². The van der Waals surface area contributed by atoms with Crippen molar-refractivity contribution in [1.82, 2.24) is 9.21 Å². The van der Waals surface area contributed by atoms with Crippen molar-refractivity contribution in [2.75, 3.05) is 38.5 Å². The van der Waals surface area contributed by atoms with E-state index in [2.05, 4.69) is 0 Å². The van der Waals surface area contributed by atoms with E-state index in [-0.39, 0.29) is 44.8 Å². The largest absolute Gasteiger partial charge is 0.481 e. The van der Waals surface area contributed by atoms with Gasteiger partial charge in [-0.25, -0.2) is 8.42 Å². The number of sulfonamides is 1. The van der Waals surface area contributed by atoms with Crippen molar-refractivity contribution in [2.45, 2.75) is 19.0 Å². The van der Waals surface area contributed by atoms with Gasteiger partial charge >= 0.3 is 12.1 Å². The predicted molar refractivity (Wildman–Crippen MR) is 64.7 cm³/mol. The van der Waals surface area contributed by atoms with Gasteiger partial charge in [-0.2, -0.15) is 17.5 Å². The number of carbonyl (C=O) groups is 1. The molecule has 0 aromatic heterocycles. The number of alkyl halides is 3. The van der Waals surface area contributed by atoms with Gasteiger partial charge in [0.25, 0.3) is 0 Å². The summed E-state index contributed by atoms with van der Waals surface area (Å²) in [5, 5.41) is 8.44. The number of aliphatic carboxylic acids is 1. The van der Waals surface area contributed by atoms with Crippen LogP contribution in [0.2, 0.25) is 0 Å². The van der Waals surface area contributed by atoms with Crippen LogP contribution in [0.5, 0.6) is 0 Å². The highest BCUT2D eigenvalue weighted by atomic mass is 32.2. The number of nitrogens with zero attached hydrogens (tertiary/aromatic N) is 2. The van der Waals surface area contributed by atoms with Gasteiger partial charge in [-0.05, 0) is 6.42 Å². The number of piperazine rings is 1. The average molecular weight is 318 g/mol. The fraction of sp³-hybridized carbons (Fsp3) is 0.900. The molecule has 10 heteroatoms. The predicted octanol–water partition coefficient (Wildman–Crippen LogP) is 0.361. The third-order valence-corrected chi connectivity index (χ3v) is 4.88. The Balaban J connectivity index is 2.42. The van der Waals surface area contributed by atoms with Crippen molar-refractivity contribution < 1.29 is 31.5 Å². The van der Waals surface area contributed by atoms with Gasteiger partial charge in [0.05, 0.1) is 12.3 Å². The maximum atomic E-state index is 12.2. The van der Waals surface area contributed by atoms with Crippen LogP contribution in [0, 0.1) is 0 Å². The standard InChI is InChI=1S/C10H17F3N2O4S/c11-10(12,13)8-14-3-5-15(6-4-14)20(18,19)7-1-2-9(16)17/h1-8H2,(H,16,17). The lowest BCUT2D eigenvalue weighted by molar-refractivity contribution is -0.148. The van der Waals surface area contributed by atoms with Gasteiger partial charge in [-0.1, -0.05) is 0 Å². The first kappa shape index (κ1) is 17.2. The third-order valence-electron chi connectivity index (χ3n) is 2.92. The molecule has 0 bridgehead atoms. The first-order chi connectivity index (χ1) is 9.10. The van der Waals surface area contributed by atoms with Crippen LogP contribution in [0.3, 0.4) is 0 Å². The molecular formula is C10H17F3N2O4S. The molecule has 1 aliphatic heterocycles. The molecule has 1 saturated heterocycles. The number of hydrogen-bond acceptors (Lipinski definition) is 4. The molecule has 0 saturated carbocycles. The van der Waals surface area contributed by atoms with Crippen molar-refractivity contribution >= 4 is 16.0 Å². The zero-order valence-electron chi connectivity index (χ0n) is 10.8. The summed E-state index contributed by atoms with van der Waals surface area (Å²) < 4.78 is 61.4. The lowest BCUT2D eigenvalue weighted by Crippen LogP contribution is -2.51. The Morgan fingerprint density at radius 1 is 1.15 bits per heavy atom. The molecule has 0 radical (unpaired) electrons. The van der Waals surface area contributed by atoms with E-state index in [9.17, 15) is 26.4 Å². The Hall–Kier alpha value is -0.870. The number of carboxylic acid groups (broad SMARTS) is 1. The minimum atomic E-state index is -4.29. The minimum Gasteiger partial charge on any atom is -0.481 e. The summed E-state index contributed by atoms with van der Waals surface area (Å²) in [4.78, 5) is 11.5. The molecule has 0 spiro atoms. The van der Waals surface area contributed by atoms with Gasteiger partial charge in [0.15, 0.2) is 0 Å². The second-order valence-electron chi connectivity index (χ2n) is 4.60. The van der Waals surface area contributed by atoms with Crippen molar-refractivity contribution in [2.24, 2.45) is 0 Å². The van der Waals surface area contributed by atoms with Crippen molar-refractivity contribution in [3.63, 3.8) is 0 Å². The van der Waals surface area contributed by atoms with E-state index in [4.69, 9.17) is 5.11 Å². The minimum absolute atomic E-state index is 0.000429. The molecule has 0 aromatic rings. The topological polar surface area (TPSA) is 77.9 Å². The molecule has 1 heterocycles. The number of carboxylic acids is 1. The van der Waals surface area contributed by atoms with E-state index in [1.807, 2.05) is 0 Å². The highest BCUT2D eigenvalue weighted by molar-refractivity contribution is 7.89. The summed E-state index contributed by atoms with van der Waals surface area (Å²) in [5.74, 6) is -1.37. The average Bonchev–Trinajstić information content (AvgIpc) is 2.26. The highest BCUT2D eigenvalue weighted by Gasteiger charge is 2.34. The van der Waals surface area contributed by atoms with Gasteiger partial charge < -0.3 is 5.11 Å². The first-order valence-corrected chi connectivity index (χ1v) is 7.70. The molecular weight excluding hydrogens is 301 g/mol. The summed E-state index contributed by atoms with van der Waals surface area (Å²) in [6.07, 6.45) is -4.53. The lowest BCUT2D eigenvalue weighted by atomic mass is 10.3. The summed E-state index contributed by atoms with van der Waals surface area (Å²) in [6, 6.07) is 0. The maximum Gasteiger partial charge on any atom is 0.401 e. The van der Waals surface area contributed by atoms with Gasteiger partial charge in [0.1, 0.15) is 0 Å². The number of hydrogen-bond donors (Lipinski definition) is 1. The monoisotopic (exact) mass is 318 g/mol. The Morgan fingerprint density at radius 3 is 2.15 bits per heavy atom. The molecule has 0 amide bonds. The molecule has 1 rings (SSSR count). The molecule has 118 valence electrons. The van der Waals surface area contributed by atoms with Gasteiger partial charge in [0.2, 0.25) is 10.0 Å². The number of halogens is 3. The van der Waals surface area contributed by atoms with E-state index in [0.717, 1.165) is 9.21 Å². The Bertz CT molecular complexity index is 430. The van der Waals surface area contributed by atoms with E-state index >= 15 is 0 Å². The normalized spacial score (nSPS) is 19.1. The fourth-order valence-electron chi connectivity index (χ4n) is 1.95. The molecule has 6 nitrogen and oxygen atoms in total. The molecule has 0 unspecified atom stereocenters. The van der Waals surface area contributed by atoms with Crippen LogP contribution in [0.1, 0.15) is 12.8 Å². The van der Waals surface area contributed by atoms with Crippen LogP contribution < -0.4 is 0 Å². The van der Waals surface area contributed by atoms with Crippen LogP contribution in [-0.4, -0.2) is 73.4 Å². The van der Waals surface area contributed by atoms with Gasteiger partial charge in [0, 0.05) is 32.6 Å². The molecule has 0 atom stereocenters. The second kappa shape index (κ2) is 6.72. The quantitative estimate of drug-likeness (QED) is 0.765. The molecule has 1 N–H and O–H groups in total. The summed E-state index contributed by atoms with van der Waals surface area (Å²) in [5.41, 5.74) is 0. The smallest absolute Gasteiger partial charge is 0.401 e. The zero-order valence-corrected chi connectivity index (χ0v) is 11.6.